The van der Waals surface area contributed by atoms with Crippen LogP contribution >= 0.6 is 11.1 Å². The molecule has 0 atom stereocenters. The minimum absolute atomic E-state index is 0.0172. The van der Waals surface area contributed by atoms with E-state index >= 15 is 0 Å². The van der Waals surface area contributed by atoms with Crippen LogP contribution in [0, 0.1) is 5.82 Å². The number of aromatic nitrogens is 2. The number of halogens is 2. The lowest BCUT2D eigenvalue weighted by molar-refractivity contribution is 0.0518. The molecule has 0 aliphatic carbocycles. The van der Waals surface area contributed by atoms with Crippen LogP contribution < -0.4 is 10.3 Å². The molecule has 4 aromatic rings. The van der Waals surface area contributed by atoms with E-state index in [4.69, 9.17) is 20.6 Å². The lowest BCUT2D eigenvalue weighted by Crippen LogP contribution is -2.28. The van der Waals surface area contributed by atoms with Gasteiger partial charge in [0.25, 0.3) is 5.56 Å². The maximum atomic E-state index is 13.6. The normalized spacial score (nSPS) is 11.0. The summed E-state index contributed by atoms with van der Waals surface area (Å²) >= 11 is 5.67. The van der Waals surface area contributed by atoms with Crippen molar-refractivity contribution in [3.8, 4) is 5.75 Å². The molecule has 4 rings (SSSR count). The SMILES string of the molecule is CCOC(=O)c1c(OC(=O)c2ccccc2)c2ncc(Cc3ccc(F)cc3CO)cc2n(C)c1=O.C[Si](C)(C)Cl. The number of esters is 2. The summed E-state index contributed by atoms with van der Waals surface area (Å²) in [5.41, 5.74) is 1.28. The zero-order chi connectivity index (χ0) is 30.3. The van der Waals surface area contributed by atoms with Gasteiger partial charge in [-0.15, -0.1) is 0 Å². The van der Waals surface area contributed by atoms with E-state index in [9.17, 15) is 23.9 Å². The predicted octanol–water partition coefficient (Wildman–Crippen LogP) is 5.61. The molecule has 0 aliphatic rings. The fraction of sp³-hybridized carbons (Fsp3) is 0.267. The van der Waals surface area contributed by atoms with Gasteiger partial charge in [-0.1, -0.05) is 43.9 Å². The molecule has 0 saturated heterocycles. The van der Waals surface area contributed by atoms with Crippen LogP contribution in [-0.4, -0.2) is 40.6 Å². The second-order valence-electron chi connectivity index (χ2n) is 10.1. The number of rotatable bonds is 7. The van der Waals surface area contributed by atoms with E-state index in [1.807, 2.05) is 0 Å². The van der Waals surface area contributed by atoms with Gasteiger partial charge in [0.05, 0.1) is 24.3 Å². The highest BCUT2D eigenvalue weighted by molar-refractivity contribution is 7.18. The van der Waals surface area contributed by atoms with Gasteiger partial charge in [-0.05, 0) is 60.4 Å². The lowest BCUT2D eigenvalue weighted by Gasteiger charge is -2.15. The summed E-state index contributed by atoms with van der Waals surface area (Å²) in [5, 5.41) is 9.59. The summed E-state index contributed by atoms with van der Waals surface area (Å²) in [4.78, 5) is 43.2. The first-order valence-electron chi connectivity index (χ1n) is 12.9. The fourth-order valence-electron chi connectivity index (χ4n) is 3.86. The molecule has 11 heteroatoms. The number of aliphatic hydroxyl groups is 1. The number of hydrogen-bond acceptors (Lipinski definition) is 7. The molecule has 216 valence electrons. The van der Waals surface area contributed by atoms with Crippen LogP contribution in [0.4, 0.5) is 4.39 Å². The third kappa shape index (κ3) is 8.32. The summed E-state index contributed by atoms with van der Waals surface area (Å²) in [5.74, 6) is -2.44. The summed E-state index contributed by atoms with van der Waals surface area (Å²) < 4.78 is 25.4. The Morgan fingerprint density at radius 1 is 1.05 bits per heavy atom. The first-order chi connectivity index (χ1) is 19.3. The zero-order valence-electron chi connectivity index (χ0n) is 23.5. The molecule has 2 heterocycles. The quantitative estimate of drug-likeness (QED) is 0.167. The number of carbonyl (C=O) groups excluding carboxylic acids is 2. The van der Waals surface area contributed by atoms with Crippen LogP contribution in [0.3, 0.4) is 0 Å². The molecule has 0 aliphatic heterocycles. The second kappa shape index (κ2) is 13.7. The molecule has 0 radical (unpaired) electrons. The largest absolute Gasteiger partial charge is 0.462 e. The third-order valence-electron chi connectivity index (χ3n) is 5.66. The van der Waals surface area contributed by atoms with Gasteiger partial charge in [-0.2, -0.15) is 11.1 Å². The Hall–Kier alpha value is -3.86. The molecule has 0 amide bonds. The number of pyridine rings is 2. The minimum atomic E-state index is -1.14. The number of nitrogens with zero attached hydrogens (tertiary/aromatic N) is 2. The summed E-state index contributed by atoms with van der Waals surface area (Å²) in [6.45, 7) is 7.55. The van der Waals surface area contributed by atoms with Crippen molar-refractivity contribution in [2.24, 2.45) is 7.05 Å². The van der Waals surface area contributed by atoms with E-state index in [1.165, 1.54) is 29.9 Å². The van der Waals surface area contributed by atoms with Gasteiger partial charge in [-0.3, -0.25) is 9.78 Å². The molecule has 1 N–H and O–H groups in total. The van der Waals surface area contributed by atoms with E-state index in [0.717, 1.165) is 0 Å². The average Bonchev–Trinajstić information content (AvgIpc) is 2.92. The smallest absolute Gasteiger partial charge is 0.347 e. The molecule has 2 aromatic carbocycles. The first kappa shape index (κ1) is 31.7. The van der Waals surface area contributed by atoms with Crippen molar-refractivity contribution in [3.05, 3.63) is 105 Å². The van der Waals surface area contributed by atoms with Gasteiger partial charge in [0.1, 0.15) is 18.7 Å². The Balaban J connectivity index is 0.000000850. The molecular formula is C30H32ClFN2O6Si. The van der Waals surface area contributed by atoms with E-state index in [2.05, 4.69) is 24.6 Å². The third-order valence-corrected chi connectivity index (χ3v) is 5.66. The topological polar surface area (TPSA) is 108 Å². The van der Waals surface area contributed by atoms with E-state index < -0.39 is 36.3 Å². The van der Waals surface area contributed by atoms with E-state index in [1.54, 1.807) is 49.4 Å². The Morgan fingerprint density at radius 2 is 1.71 bits per heavy atom. The molecule has 0 fully saturated rings. The molecule has 0 spiro atoms. The van der Waals surface area contributed by atoms with Crippen LogP contribution in [0.25, 0.3) is 11.0 Å². The standard InChI is InChI=1S/C27H23FN2O6.C3H9ClSi/c1-3-35-27(34)22-24(36-26(33)17-7-5-4-6-8-17)23-21(30(2)25(22)32)12-16(14-29-23)11-18-9-10-20(28)13-19(18)15-31;1-5(2,3)4/h4-10,12-14,31H,3,11,15H2,1-2H3;1-3H3. The number of hydrogen-bond donors (Lipinski definition) is 1. The molecule has 0 saturated carbocycles. The van der Waals surface area contributed by atoms with Gasteiger partial charge < -0.3 is 19.1 Å². The van der Waals surface area contributed by atoms with Gasteiger partial charge in [0, 0.05) is 13.2 Å². The Bertz CT molecular complexity index is 1610. The first-order valence-corrected chi connectivity index (χ1v) is 17.4. The van der Waals surface area contributed by atoms with Crippen molar-refractivity contribution < 1.29 is 28.6 Å². The zero-order valence-corrected chi connectivity index (χ0v) is 25.3. The summed E-state index contributed by atoms with van der Waals surface area (Å²) in [6, 6.07) is 13.9. The molecule has 0 bridgehead atoms. The van der Waals surface area contributed by atoms with Crippen molar-refractivity contribution >= 4 is 41.4 Å². The highest BCUT2D eigenvalue weighted by atomic mass is 35.6. The molecule has 41 heavy (non-hydrogen) atoms. The Kier molecular flexibility index (Phi) is 10.6. The number of aliphatic hydroxyl groups excluding tert-OH is 1. The maximum absolute atomic E-state index is 13.6. The summed E-state index contributed by atoms with van der Waals surface area (Å²) in [7, 11) is 0.332. The van der Waals surface area contributed by atoms with Crippen molar-refractivity contribution in [1.29, 1.82) is 0 Å². The highest BCUT2D eigenvalue weighted by Crippen LogP contribution is 2.29. The molecule has 0 unspecified atom stereocenters. The second-order valence-corrected chi connectivity index (χ2v) is 17.6. The number of ether oxygens (including phenoxy) is 2. The Morgan fingerprint density at radius 3 is 2.32 bits per heavy atom. The number of benzene rings is 2. The van der Waals surface area contributed by atoms with Crippen molar-refractivity contribution in [2.45, 2.75) is 39.6 Å². The van der Waals surface area contributed by atoms with Crippen LogP contribution in [-0.2, 0) is 24.8 Å². The van der Waals surface area contributed by atoms with E-state index in [-0.39, 0.29) is 30.0 Å². The average molecular weight is 599 g/mol. The van der Waals surface area contributed by atoms with Gasteiger partial charge in [0.15, 0.2) is 11.3 Å². The van der Waals surface area contributed by atoms with Gasteiger partial charge >= 0.3 is 11.9 Å². The number of fused-ring (bicyclic) bond motifs is 1. The lowest BCUT2D eigenvalue weighted by atomic mass is 10.0. The number of aryl methyl sites for hydroxylation is 1. The monoisotopic (exact) mass is 598 g/mol. The number of carbonyl (C=O) groups is 2. The minimum Gasteiger partial charge on any atom is -0.462 e. The van der Waals surface area contributed by atoms with Crippen LogP contribution in [0.5, 0.6) is 5.75 Å². The molecule has 8 nitrogen and oxygen atoms in total. The van der Waals surface area contributed by atoms with Crippen molar-refractivity contribution in [3.63, 3.8) is 0 Å². The van der Waals surface area contributed by atoms with Crippen molar-refractivity contribution in [1.82, 2.24) is 9.55 Å². The fourth-order valence-corrected chi connectivity index (χ4v) is 3.86. The molecule has 2 aromatic heterocycles. The predicted molar refractivity (Wildman–Crippen MR) is 159 cm³/mol. The highest BCUT2D eigenvalue weighted by Gasteiger charge is 2.27. The van der Waals surface area contributed by atoms with Crippen molar-refractivity contribution in [2.75, 3.05) is 6.61 Å². The van der Waals surface area contributed by atoms with Crippen LogP contribution in [0.2, 0.25) is 19.6 Å². The summed E-state index contributed by atoms with van der Waals surface area (Å²) in [6.07, 6.45) is 1.80. The van der Waals surface area contributed by atoms with Gasteiger partial charge in [-0.25, -0.2) is 14.0 Å². The Labute approximate surface area is 243 Å². The van der Waals surface area contributed by atoms with Gasteiger partial charge in [0.2, 0.25) is 0 Å². The van der Waals surface area contributed by atoms with Crippen LogP contribution in [0.1, 0.15) is 44.3 Å². The van der Waals surface area contributed by atoms with E-state index in [0.29, 0.717) is 28.6 Å². The van der Waals surface area contributed by atoms with Crippen LogP contribution in [0.15, 0.2) is 65.6 Å². The maximum Gasteiger partial charge on any atom is 0.347 e. The molecular weight excluding hydrogens is 567 g/mol.